The molecule has 1 aliphatic heterocycles. The quantitative estimate of drug-likeness (QED) is 0.667. The van der Waals surface area contributed by atoms with Gasteiger partial charge in [0.2, 0.25) is 5.82 Å². The van der Waals surface area contributed by atoms with E-state index in [1.54, 1.807) is 0 Å². The highest BCUT2D eigenvalue weighted by Crippen LogP contribution is 2.30. The minimum Gasteiger partial charge on any atom is -0.388 e. The third kappa shape index (κ3) is 4.68. The van der Waals surface area contributed by atoms with Gasteiger partial charge in [-0.1, -0.05) is 36.4 Å². The SMILES string of the molecule is OC1(Cn2nnc(-c3ccccc3Cc3ccc(C(F)(F)F)cc3)n2)CCNCC1. The van der Waals surface area contributed by atoms with Crippen LogP contribution in [0.15, 0.2) is 48.5 Å². The average molecular weight is 417 g/mol. The van der Waals surface area contributed by atoms with E-state index in [0.717, 1.165) is 41.9 Å². The molecule has 158 valence electrons. The molecule has 1 saturated heterocycles. The van der Waals surface area contributed by atoms with Crippen molar-refractivity contribution in [1.82, 2.24) is 25.5 Å². The minimum atomic E-state index is -4.35. The van der Waals surface area contributed by atoms with E-state index in [1.165, 1.54) is 16.9 Å². The lowest BCUT2D eigenvalue weighted by Crippen LogP contribution is -2.45. The van der Waals surface area contributed by atoms with E-state index in [1.807, 2.05) is 24.3 Å². The van der Waals surface area contributed by atoms with Crippen molar-refractivity contribution >= 4 is 0 Å². The van der Waals surface area contributed by atoms with E-state index in [9.17, 15) is 18.3 Å². The molecule has 0 amide bonds. The molecule has 1 fully saturated rings. The summed E-state index contributed by atoms with van der Waals surface area (Å²) in [6.45, 7) is 1.75. The van der Waals surface area contributed by atoms with Crippen molar-refractivity contribution in [3.8, 4) is 11.4 Å². The summed E-state index contributed by atoms with van der Waals surface area (Å²) in [5, 5.41) is 26.6. The van der Waals surface area contributed by atoms with Gasteiger partial charge in [0.25, 0.3) is 0 Å². The summed E-state index contributed by atoms with van der Waals surface area (Å²) in [6.07, 6.45) is -2.67. The average Bonchev–Trinajstić information content (AvgIpc) is 3.16. The Hall–Kier alpha value is -2.78. The maximum atomic E-state index is 12.8. The molecule has 30 heavy (non-hydrogen) atoms. The second kappa shape index (κ2) is 8.16. The number of rotatable bonds is 5. The van der Waals surface area contributed by atoms with E-state index < -0.39 is 17.3 Å². The Bertz CT molecular complexity index is 994. The zero-order valence-electron chi connectivity index (χ0n) is 16.2. The Kier molecular flexibility index (Phi) is 5.57. The van der Waals surface area contributed by atoms with Crippen LogP contribution >= 0.6 is 0 Å². The van der Waals surface area contributed by atoms with Crippen molar-refractivity contribution in [2.75, 3.05) is 13.1 Å². The van der Waals surface area contributed by atoms with Gasteiger partial charge in [-0.3, -0.25) is 0 Å². The molecule has 6 nitrogen and oxygen atoms in total. The molecule has 0 spiro atoms. The molecule has 0 unspecified atom stereocenters. The monoisotopic (exact) mass is 417 g/mol. The van der Waals surface area contributed by atoms with Crippen LogP contribution in [0.4, 0.5) is 13.2 Å². The predicted octanol–water partition coefficient (Wildman–Crippen LogP) is 3.06. The molecule has 9 heteroatoms. The zero-order valence-corrected chi connectivity index (χ0v) is 16.2. The third-order valence-electron chi connectivity index (χ3n) is 5.36. The summed E-state index contributed by atoms with van der Waals surface area (Å²) in [5.41, 5.74) is 0.883. The first-order valence-corrected chi connectivity index (χ1v) is 9.78. The van der Waals surface area contributed by atoms with Gasteiger partial charge in [-0.05, 0) is 60.8 Å². The lowest BCUT2D eigenvalue weighted by Gasteiger charge is -2.31. The highest BCUT2D eigenvalue weighted by molar-refractivity contribution is 5.60. The smallest absolute Gasteiger partial charge is 0.388 e. The first-order chi connectivity index (χ1) is 14.3. The number of tetrazole rings is 1. The summed E-state index contributed by atoms with van der Waals surface area (Å²) < 4.78 is 38.3. The summed E-state index contributed by atoms with van der Waals surface area (Å²) in [5.74, 6) is 0.426. The maximum Gasteiger partial charge on any atom is 0.416 e. The van der Waals surface area contributed by atoms with Gasteiger partial charge in [0.15, 0.2) is 0 Å². The normalized spacial score (nSPS) is 16.5. The second-order valence-corrected chi connectivity index (χ2v) is 7.65. The van der Waals surface area contributed by atoms with Crippen molar-refractivity contribution in [2.24, 2.45) is 0 Å². The van der Waals surface area contributed by atoms with Gasteiger partial charge >= 0.3 is 6.18 Å². The lowest BCUT2D eigenvalue weighted by atomic mass is 9.93. The number of hydrogen-bond donors (Lipinski definition) is 2. The molecule has 4 rings (SSSR count). The van der Waals surface area contributed by atoms with Crippen LogP contribution in [0.25, 0.3) is 11.4 Å². The van der Waals surface area contributed by atoms with E-state index in [4.69, 9.17) is 0 Å². The maximum absolute atomic E-state index is 12.8. The van der Waals surface area contributed by atoms with E-state index in [2.05, 4.69) is 20.7 Å². The Labute approximate surface area is 171 Å². The van der Waals surface area contributed by atoms with E-state index in [0.29, 0.717) is 25.1 Å². The van der Waals surface area contributed by atoms with Crippen LogP contribution in [0.5, 0.6) is 0 Å². The Balaban J connectivity index is 1.53. The highest BCUT2D eigenvalue weighted by Gasteiger charge is 2.31. The van der Waals surface area contributed by atoms with Gasteiger partial charge < -0.3 is 10.4 Å². The molecule has 0 atom stereocenters. The fourth-order valence-corrected chi connectivity index (χ4v) is 3.66. The molecule has 2 N–H and O–H groups in total. The molecular weight excluding hydrogens is 395 g/mol. The summed E-state index contributed by atoms with van der Waals surface area (Å²) >= 11 is 0. The first-order valence-electron chi connectivity index (χ1n) is 9.78. The van der Waals surface area contributed by atoms with Gasteiger partial charge in [0.1, 0.15) is 0 Å². The van der Waals surface area contributed by atoms with Crippen molar-refractivity contribution in [1.29, 1.82) is 0 Å². The van der Waals surface area contributed by atoms with Gasteiger partial charge in [-0.2, -0.15) is 18.0 Å². The van der Waals surface area contributed by atoms with Crippen molar-refractivity contribution in [3.63, 3.8) is 0 Å². The molecule has 0 radical (unpaired) electrons. The van der Waals surface area contributed by atoms with Crippen LogP contribution in [-0.4, -0.2) is 44.0 Å². The number of nitrogens with one attached hydrogen (secondary N) is 1. The van der Waals surface area contributed by atoms with Crippen molar-refractivity contribution in [3.05, 3.63) is 65.2 Å². The number of hydrogen-bond acceptors (Lipinski definition) is 5. The molecule has 0 saturated carbocycles. The molecule has 0 bridgehead atoms. The predicted molar refractivity (Wildman–Crippen MR) is 105 cm³/mol. The number of halogens is 3. The number of nitrogens with zero attached hydrogens (tertiary/aromatic N) is 4. The number of benzene rings is 2. The molecule has 0 aliphatic carbocycles. The summed E-state index contributed by atoms with van der Waals surface area (Å²) in [7, 11) is 0. The van der Waals surface area contributed by atoms with E-state index in [-0.39, 0.29) is 6.54 Å². The number of alkyl halides is 3. The molecule has 1 aromatic heterocycles. The standard InChI is InChI=1S/C21H22F3N5O/c22-21(23,24)17-7-5-15(6-8-17)13-16-3-1-2-4-18(16)19-26-28-29(27-19)14-20(30)9-11-25-12-10-20/h1-8,25,30H,9-14H2. The molecule has 1 aliphatic rings. The number of aromatic nitrogens is 4. The van der Waals surface area contributed by atoms with Crippen LogP contribution in [-0.2, 0) is 19.1 Å². The van der Waals surface area contributed by atoms with Crippen molar-refractivity contribution < 1.29 is 18.3 Å². The topological polar surface area (TPSA) is 75.9 Å². The van der Waals surface area contributed by atoms with Gasteiger partial charge in [0, 0.05) is 5.56 Å². The molecule has 2 heterocycles. The highest BCUT2D eigenvalue weighted by atomic mass is 19.4. The van der Waals surface area contributed by atoms with Crippen LogP contribution in [0.3, 0.4) is 0 Å². The number of piperidine rings is 1. The molecule has 3 aromatic rings. The van der Waals surface area contributed by atoms with Crippen LogP contribution in [0, 0.1) is 0 Å². The molecule has 2 aromatic carbocycles. The van der Waals surface area contributed by atoms with Crippen LogP contribution < -0.4 is 5.32 Å². The fourth-order valence-electron chi connectivity index (χ4n) is 3.66. The Morgan fingerprint density at radius 2 is 1.73 bits per heavy atom. The first kappa shape index (κ1) is 20.5. The molecular formula is C21H22F3N5O. The van der Waals surface area contributed by atoms with Crippen LogP contribution in [0.1, 0.15) is 29.5 Å². The Morgan fingerprint density at radius 1 is 1.03 bits per heavy atom. The lowest BCUT2D eigenvalue weighted by molar-refractivity contribution is -0.137. The Morgan fingerprint density at radius 3 is 2.43 bits per heavy atom. The van der Waals surface area contributed by atoms with Crippen LogP contribution in [0.2, 0.25) is 0 Å². The minimum absolute atomic E-state index is 0.267. The zero-order chi connectivity index (χ0) is 21.2. The fraction of sp³-hybridized carbons (Fsp3) is 0.381. The third-order valence-corrected chi connectivity index (χ3v) is 5.36. The second-order valence-electron chi connectivity index (χ2n) is 7.65. The number of aliphatic hydroxyl groups is 1. The van der Waals surface area contributed by atoms with Gasteiger partial charge in [-0.15, -0.1) is 10.2 Å². The summed E-state index contributed by atoms with van der Waals surface area (Å²) in [6, 6.07) is 12.6. The largest absolute Gasteiger partial charge is 0.416 e. The van der Waals surface area contributed by atoms with Gasteiger partial charge in [-0.25, -0.2) is 0 Å². The van der Waals surface area contributed by atoms with Crippen molar-refractivity contribution in [2.45, 2.75) is 37.6 Å². The van der Waals surface area contributed by atoms with E-state index >= 15 is 0 Å². The summed E-state index contributed by atoms with van der Waals surface area (Å²) in [4.78, 5) is 1.41. The van der Waals surface area contributed by atoms with Gasteiger partial charge in [0.05, 0.1) is 17.7 Å².